The maximum absolute atomic E-state index is 12.3. The zero-order chi connectivity index (χ0) is 17.0. The van der Waals surface area contributed by atoms with Gasteiger partial charge in [0.05, 0.1) is 0 Å². The normalized spacial score (nSPS) is 14.7. The molecule has 2 aromatic rings. The fraction of sp³-hybridized carbons (Fsp3) is 0.300. The van der Waals surface area contributed by atoms with Crippen LogP contribution < -0.4 is 10.6 Å². The van der Waals surface area contributed by atoms with Gasteiger partial charge in [-0.2, -0.15) is 0 Å². The van der Waals surface area contributed by atoms with Crippen molar-refractivity contribution in [3.05, 3.63) is 71.3 Å². The lowest BCUT2D eigenvalue weighted by Gasteiger charge is -2.16. The Balaban J connectivity index is 1.56. The highest BCUT2D eigenvalue weighted by atomic mass is 16.2. The summed E-state index contributed by atoms with van der Waals surface area (Å²) in [5, 5.41) is 5.80. The predicted octanol–water partition coefficient (Wildman–Crippen LogP) is 2.78. The van der Waals surface area contributed by atoms with Crippen LogP contribution in [0.5, 0.6) is 0 Å². The Bertz CT molecular complexity index is 719. The van der Waals surface area contributed by atoms with Gasteiger partial charge in [-0.25, -0.2) is 0 Å². The number of nitrogens with one attached hydrogen (secondary N) is 2. The van der Waals surface area contributed by atoms with Crippen molar-refractivity contribution in [1.29, 1.82) is 0 Å². The molecule has 4 heteroatoms. The maximum Gasteiger partial charge on any atom is 0.251 e. The fourth-order valence-electron chi connectivity index (χ4n) is 2.86. The van der Waals surface area contributed by atoms with Crippen molar-refractivity contribution in [1.82, 2.24) is 10.6 Å². The summed E-state index contributed by atoms with van der Waals surface area (Å²) in [6.07, 6.45) is 2.24. The van der Waals surface area contributed by atoms with Gasteiger partial charge in [-0.1, -0.05) is 42.5 Å². The molecule has 0 atom stereocenters. The number of carbonyl (C=O) groups is 2. The lowest BCUT2D eigenvalue weighted by atomic mass is 9.96. The number of benzene rings is 2. The van der Waals surface area contributed by atoms with Gasteiger partial charge in [-0.05, 0) is 36.1 Å². The molecule has 4 nitrogen and oxygen atoms in total. The molecule has 2 aromatic carbocycles. The van der Waals surface area contributed by atoms with Crippen molar-refractivity contribution in [2.45, 2.75) is 31.7 Å². The molecule has 0 radical (unpaired) electrons. The van der Waals surface area contributed by atoms with Crippen molar-refractivity contribution in [3.8, 4) is 0 Å². The summed E-state index contributed by atoms with van der Waals surface area (Å²) in [5.41, 5.74) is 3.04. The molecule has 2 N–H and O–H groups in total. The van der Waals surface area contributed by atoms with Crippen LogP contribution in [-0.4, -0.2) is 18.4 Å². The Kier molecular flexibility index (Phi) is 4.65. The van der Waals surface area contributed by atoms with E-state index >= 15 is 0 Å². The molecule has 0 aromatic heterocycles. The van der Waals surface area contributed by atoms with Gasteiger partial charge in [0, 0.05) is 31.0 Å². The van der Waals surface area contributed by atoms with E-state index in [2.05, 4.69) is 22.8 Å². The molecule has 0 saturated heterocycles. The maximum atomic E-state index is 12.3. The van der Waals surface area contributed by atoms with Crippen LogP contribution in [0.25, 0.3) is 0 Å². The average molecular weight is 322 g/mol. The van der Waals surface area contributed by atoms with Crippen LogP contribution in [0, 0.1) is 0 Å². The van der Waals surface area contributed by atoms with Crippen molar-refractivity contribution in [2.75, 3.05) is 6.54 Å². The smallest absolute Gasteiger partial charge is 0.251 e. The molecule has 1 saturated carbocycles. The molecule has 0 aliphatic heterocycles. The Morgan fingerprint density at radius 3 is 2.21 bits per heavy atom. The van der Waals surface area contributed by atoms with E-state index in [9.17, 15) is 9.59 Å². The van der Waals surface area contributed by atoms with Crippen molar-refractivity contribution < 1.29 is 9.59 Å². The molecule has 24 heavy (non-hydrogen) atoms. The van der Waals surface area contributed by atoms with E-state index in [1.807, 2.05) is 30.3 Å². The molecule has 0 unspecified atom stereocenters. The summed E-state index contributed by atoms with van der Waals surface area (Å²) < 4.78 is 0. The van der Waals surface area contributed by atoms with E-state index in [4.69, 9.17) is 0 Å². The van der Waals surface area contributed by atoms with Gasteiger partial charge in [0.25, 0.3) is 5.91 Å². The van der Waals surface area contributed by atoms with Gasteiger partial charge in [-0.15, -0.1) is 0 Å². The van der Waals surface area contributed by atoms with E-state index in [1.54, 1.807) is 12.1 Å². The van der Waals surface area contributed by atoms with Crippen LogP contribution in [0.3, 0.4) is 0 Å². The summed E-state index contributed by atoms with van der Waals surface area (Å²) in [4.78, 5) is 23.3. The minimum absolute atomic E-state index is 0.0525. The Labute approximate surface area is 142 Å². The van der Waals surface area contributed by atoms with Gasteiger partial charge >= 0.3 is 0 Å². The zero-order valence-electron chi connectivity index (χ0n) is 13.8. The first-order valence-electron chi connectivity index (χ1n) is 8.26. The third-order valence-electron chi connectivity index (χ3n) is 4.58. The van der Waals surface area contributed by atoms with Crippen molar-refractivity contribution in [3.63, 3.8) is 0 Å². The minimum Gasteiger partial charge on any atom is -0.352 e. The van der Waals surface area contributed by atoms with Crippen LogP contribution in [0.1, 0.15) is 41.3 Å². The first-order chi connectivity index (χ1) is 11.6. The molecule has 0 heterocycles. The fourth-order valence-corrected chi connectivity index (χ4v) is 2.86. The monoisotopic (exact) mass is 322 g/mol. The first kappa shape index (κ1) is 16.2. The van der Waals surface area contributed by atoms with E-state index in [0.717, 1.165) is 18.4 Å². The molecule has 1 fully saturated rings. The minimum atomic E-state index is -0.0625. The molecule has 124 valence electrons. The summed E-state index contributed by atoms with van der Waals surface area (Å²) in [6, 6.07) is 17.7. The Hall–Kier alpha value is -2.62. The number of carbonyl (C=O) groups excluding carboxylic acids is 2. The Morgan fingerprint density at radius 2 is 1.62 bits per heavy atom. The van der Waals surface area contributed by atoms with Crippen LogP contribution >= 0.6 is 0 Å². The van der Waals surface area contributed by atoms with E-state index in [0.29, 0.717) is 18.7 Å². The van der Waals surface area contributed by atoms with E-state index in [1.165, 1.54) is 12.5 Å². The predicted molar refractivity (Wildman–Crippen MR) is 93.6 cm³/mol. The van der Waals surface area contributed by atoms with E-state index < -0.39 is 0 Å². The topological polar surface area (TPSA) is 58.2 Å². The van der Waals surface area contributed by atoms with Crippen molar-refractivity contribution >= 4 is 11.8 Å². The lowest BCUT2D eigenvalue weighted by molar-refractivity contribution is -0.119. The third kappa shape index (κ3) is 3.82. The number of hydrogen-bond acceptors (Lipinski definition) is 2. The van der Waals surface area contributed by atoms with Crippen LogP contribution in [0.15, 0.2) is 54.6 Å². The number of hydrogen-bond donors (Lipinski definition) is 2. The molecule has 0 bridgehead atoms. The largest absolute Gasteiger partial charge is 0.352 e. The lowest BCUT2D eigenvalue weighted by Crippen LogP contribution is -2.32. The molecule has 1 aliphatic rings. The summed E-state index contributed by atoms with van der Waals surface area (Å²) in [5.74, 6) is -0.115. The summed E-state index contributed by atoms with van der Waals surface area (Å²) in [7, 11) is 0. The molecular weight excluding hydrogens is 300 g/mol. The molecular formula is C20H22N2O2. The van der Waals surface area contributed by atoms with Crippen molar-refractivity contribution in [2.24, 2.45) is 0 Å². The molecule has 3 rings (SSSR count). The highest BCUT2D eigenvalue weighted by Gasteiger charge is 2.44. The van der Waals surface area contributed by atoms with Gasteiger partial charge in [0.2, 0.25) is 5.91 Å². The Morgan fingerprint density at radius 1 is 0.958 bits per heavy atom. The summed E-state index contributed by atoms with van der Waals surface area (Å²) >= 11 is 0. The van der Waals surface area contributed by atoms with E-state index in [-0.39, 0.29) is 17.2 Å². The second-order valence-electron chi connectivity index (χ2n) is 6.44. The quantitative estimate of drug-likeness (QED) is 0.859. The highest BCUT2D eigenvalue weighted by Crippen LogP contribution is 2.47. The van der Waals surface area contributed by atoms with Crippen LogP contribution in [-0.2, 0) is 16.8 Å². The molecule has 0 spiro atoms. The van der Waals surface area contributed by atoms with Gasteiger partial charge in [0.1, 0.15) is 0 Å². The van der Waals surface area contributed by atoms with Gasteiger partial charge in [0.15, 0.2) is 0 Å². The SMILES string of the molecule is CC(=O)NCc1ccc(C(=O)NCC2(c3ccccc3)CC2)cc1. The number of rotatable bonds is 6. The zero-order valence-corrected chi connectivity index (χ0v) is 13.8. The average Bonchev–Trinajstić information content (AvgIpc) is 3.40. The highest BCUT2D eigenvalue weighted by molar-refractivity contribution is 5.94. The van der Waals surface area contributed by atoms with Gasteiger partial charge < -0.3 is 10.6 Å². The second kappa shape index (κ2) is 6.87. The second-order valence-corrected chi connectivity index (χ2v) is 6.44. The third-order valence-corrected chi connectivity index (χ3v) is 4.58. The molecule has 1 aliphatic carbocycles. The van der Waals surface area contributed by atoms with Crippen LogP contribution in [0.4, 0.5) is 0 Å². The summed E-state index contributed by atoms with van der Waals surface area (Å²) in [6.45, 7) is 2.64. The van der Waals surface area contributed by atoms with Crippen LogP contribution in [0.2, 0.25) is 0 Å². The van der Waals surface area contributed by atoms with Gasteiger partial charge in [-0.3, -0.25) is 9.59 Å². The number of amides is 2. The standard InChI is InChI=1S/C20H22N2O2/c1-15(23)21-13-16-7-9-17(10-8-16)19(24)22-14-20(11-12-20)18-5-3-2-4-6-18/h2-10H,11-14H2,1H3,(H,21,23)(H,22,24). The first-order valence-corrected chi connectivity index (χ1v) is 8.26. The molecule has 2 amide bonds.